The van der Waals surface area contributed by atoms with Crippen LogP contribution in [0.4, 0.5) is 5.95 Å². The first-order valence-corrected chi connectivity index (χ1v) is 9.31. The third-order valence-corrected chi connectivity index (χ3v) is 4.48. The fraction of sp³-hybridized carbons (Fsp3) is 0.188. The maximum absolute atomic E-state index is 4.69. The highest BCUT2D eigenvalue weighted by molar-refractivity contribution is 7.96. The van der Waals surface area contributed by atoms with Crippen LogP contribution in [0.3, 0.4) is 0 Å². The summed E-state index contributed by atoms with van der Waals surface area (Å²) >= 11 is 3.22. The first kappa shape index (κ1) is 15.9. The Hall–Kier alpha value is -1.96. The quantitative estimate of drug-likeness (QED) is 0.505. The van der Waals surface area contributed by atoms with E-state index in [0.29, 0.717) is 5.95 Å². The first-order valence-electron chi connectivity index (χ1n) is 7.21. The molecule has 23 heavy (non-hydrogen) atoms. The standard InChI is InChI=1S/C16H17N5S2/c1-22-19-10-9-18-16-17-8-7-13(21-16)14-11-23-15(20-14)12-5-3-2-4-6-12/h2-8,11,19H,9-10H2,1H3,(H,17,18,21). The van der Waals surface area contributed by atoms with Gasteiger partial charge in [-0.2, -0.15) is 0 Å². The van der Waals surface area contributed by atoms with E-state index in [1.54, 1.807) is 29.5 Å². The van der Waals surface area contributed by atoms with E-state index in [2.05, 4.69) is 37.1 Å². The van der Waals surface area contributed by atoms with Crippen molar-refractivity contribution in [2.24, 2.45) is 0 Å². The summed E-state index contributed by atoms with van der Waals surface area (Å²) in [4.78, 5) is 13.5. The van der Waals surface area contributed by atoms with Gasteiger partial charge in [-0.3, -0.25) is 4.72 Å². The molecule has 3 rings (SSSR count). The highest BCUT2D eigenvalue weighted by atomic mass is 32.2. The van der Waals surface area contributed by atoms with E-state index in [0.717, 1.165) is 35.0 Å². The Morgan fingerprint density at radius 3 is 2.74 bits per heavy atom. The van der Waals surface area contributed by atoms with Gasteiger partial charge in [0, 0.05) is 30.2 Å². The molecule has 2 aromatic heterocycles. The normalized spacial score (nSPS) is 10.7. The van der Waals surface area contributed by atoms with Gasteiger partial charge in [0.15, 0.2) is 0 Å². The van der Waals surface area contributed by atoms with Crippen molar-refractivity contribution in [3.63, 3.8) is 0 Å². The van der Waals surface area contributed by atoms with Gasteiger partial charge in [0.2, 0.25) is 5.95 Å². The fourth-order valence-electron chi connectivity index (χ4n) is 2.02. The molecule has 0 aliphatic rings. The van der Waals surface area contributed by atoms with E-state index in [9.17, 15) is 0 Å². The second kappa shape index (κ2) is 8.05. The lowest BCUT2D eigenvalue weighted by Crippen LogP contribution is -2.17. The van der Waals surface area contributed by atoms with Gasteiger partial charge >= 0.3 is 0 Å². The molecule has 0 bridgehead atoms. The molecule has 1 aromatic carbocycles. The van der Waals surface area contributed by atoms with Crippen molar-refractivity contribution in [1.82, 2.24) is 19.7 Å². The molecule has 3 aromatic rings. The van der Waals surface area contributed by atoms with E-state index >= 15 is 0 Å². The third kappa shape index (κ3) is 4.28. The molecule has 0 radical (unpaired) electrons. The number of hydrogen-bond donors (Lipinski definition) is 2. The molecule has 118 valence electrons. The minimum absolute atomic E-state index is 0.625. The summed E-state index contributed by atoms with van der Waals surface area (Å²) < 4.78 is 3.17. The SMILES string of the molecule is CSNCCNc1nccc(-c2csc(-c3ccccc3)n2)n1. The van der Waals surface area contributed by atoms with Crippen LogP contribution in [0.1, 0.15) is 0 Å². The first-order chi connectivity index (χ1) is 11.4. The monoisotopic (exact) mass is 343 g/mol. The van der Waals surface area contributed by atoms with Crippen molar-refractivity contribution < 1.29 is 0 Å². The van der Waals surface area contributed by atoms with E-state index in [1.807, 2.05) is 35.9 Å². The summed E-state index contributed by atoms with van der Waals surface area (Å²) in [5.41, 5.74) is 2.83. The van der Waals surface area contributed by atoms with E-state index in [1.165, 1.54) is 0 Å². The zero-order valence-corrected chi connectivity index (χ0v) is 14.3. The molecule has 0 amide bonds. The molecule has 5 nitrogen and oxygen atoms in total. The Kier molecular flexibility index (Phi) is 5.57. The number of benzene rings is 1. The minimum atomic E-state index is 0.625. The van der Waals surface area contributed by atoms with Gasteiger partial charge in [-0.1, -0.05) is 42.3 Å². The van der Waals surface area contributed by atoms with Gasteiger partial charge in [-0.25, -0.2) is 15.0 Å². The number of nitrogens with one attached hydrogen (secondary N) is 2. The maximum Gasteiger partial charge on any atom is 0.223 e. The average molecular weight is 343 g/mol. The van der Waals surface area contributed by atoms with Crippen LogP contribution in [0.25, 0.3) is 22.0 Å². The molecule has 0 atom stereocenters. The molecule has 0 unspecified atom stereocenters. The number of aromatic nitrogens is 3. The lowest BCUT2D eigenvalue weighted by atomic mass is 10.2. The highest BCUT2D eigenvalue weighted by Crippen LogP contribution is 2.27. The van der Waals surface area contributed by atoms with Crippen LogP contribution in [-0.2, 0) is 0 Å². The predicted octanol–water partition coefficient (Wildman–Crippen LogP) is 3.55. The summed E-state index contributed by atoms with van der Waals surface area (Å²) in [6, 6.07) is 12.1. The molecule has 7 heteroatoms. The predicted molar refractivity (Wildman–Crippen MR) is 98.6 cm³/mol. The number of anilines is 1. The zero-order valence-electron chi connectivity index (χ0n) is 12.7. The average Bonchev–Trinajstić information content (AvgIpc) is 3.10. The van der Waals surface area contributed by atoms with Crippen LogP contribution in [-0.4, -0.2) is 34.3 Å². The third-order valence-electron chi connectivity index (χ3n) is 3.10. The Morgan fingerprint density at radius 1 is 1.04 bits per heavy atom. The second-order valence-corrected chi connectivity index (χ2v) is 6.25. The van der Waals surface area contributed by atoms with Crippen molar-refractivity contribution in [2.75, 3.05) is 24.7 Å². The van der Waals surface area contributed by atoms with Crippen molar-refractivity contribution in [3.05, 3.63) is 48.0 Å². The van der Waals surface area contributed by atoms with Crippen molar-refractivity contribution in [2.45, 2.75) is 0 Å². The molecular weight excluding hydrogens is 326 g/mol. The fourth-order valence-corrected chi connectivity index (χ4v) is 3.14. The molecular formula is C16H17N5S2. The maximum atomic E-state index is 4.69. The van der Waals surface area contributed by atoms with Crippen LogP contribution < -0.4 is 10.0 Å². The van der Waals surface area contributed by atoms with Crippen molar-refractivity contribution in [3.8, 4) is 22.0 Å². The van der Waals surface area contributed by atoms with Crippen LogP contribution in [0, 0.1) is 0 Å². The van der Waals surface area contributed by atoms with E-state index in [4.69, 9.17) is 0 Å². The van der Waals surface area contributed by atoms with Gasteiger partial charge < -0.3 is 5.32 Å². The second-order valence-electron chi connectivity index (χ2n) is 4.69. The summed E-state index contributed by atoms with van der Waals surface area (Å²) in [5, 5.41) is 6.24. The van der Waals surface area contributed by atoms with E-state index in [-0.39, 0.29) is 0 Å². The number of rotatable bonds is 7. The Morgan fingerprint density at radius 2 is 1.91 bits per heavy atom. The van der Waals surface area contributed by atoms with Crippen LogP contribution in [0.2, 0.25) is 0 Å². The minimum Gasteiger partial charge on any atom is -0.353 e. The van der Waals surface area contributed by atoms with Gasteiger partial charge in [0.1, 0.15) is 10.7 Å². The molecule has 2 heterocycles. The zero-order chi connectivity index (χ0) is 15.9. The largest absolute Gasteiger partial charge is 0.353 e. The summed E-state index contributed by atoms with van der Waals surface area (Å²) in [6.45, 7) is 1.63. The smallest absolute Gasteiger partial charge is 0.223 e. The van der Waals surface area contributed by atoms with Crippen LogP contribution >= 0.6 is 23.3 Å². The van der Waals surface area contributed by atoms with Gasteiger partial charge in [-0.05, 0) is 12.3 Å². The number of hydrogen-bond acceptors (Lipinski definition) is 7. The molecule has 0 saturated heterocycles. The molecule has 0 fully saturated rings. The number of nitrogens with zero attached hydrogens (tertiary/aromatic N) is 3. The Bertz CT molecular complexity index is 745. The van der Waals surface area contributed by atoms with Gasteiger partial charge in [0.05, 0.1) is 5.69 Å². The lowest BCUT2D eigenvalue weighted by Gasteiger charge is -2.05. The molecule has 0 spiro atoms. The molecule has 0 aliphatic carbocycles. The molecule has 0 aliphatic heterocycles. The lowest BCUT2D eigenvalue weighted by molar-refractivity contribution is 0.938. The number of thiazole rings is 1. The molecule has 0 saturated carbocycles. The van der Waals surface area contributed by atoms with Crippen molar-refractivity contribution >= 4 is 29.2 Å². The van der Waals surface area contributed by atoms with Gasteiger partial charge in [-0.15, -0.1) is 11.3 Å². The van der Waals surface area contributed by atoms with Gasteiger partial charge in [0.25, 0.3) is 0 Å². The van der Waals surface area contributed by atoms with Crippen LogP contribution in [0.5, 0.6) is 0 Å². The summed E-state index contributed by atoms with van der Waals surface area (Å²) in [6.07, 6.45) is 3.76. The van der Waals surface area contributed by atoms with Crippen molar-refractivity contribution in [1.29, 1.82) is 0 Å². The highest BCUT2D eigenvalue weighted by Gasteiger charge is 2.08. The Balaban J connectivity index is 1.73. The van der Waals surface area contributed by atoms with E-state index < -0.39 is 0 Å². The molecule has 2 N–H and O–H groups in total. The topological polar surface area (TPSA) is 62.7 Å². The Labute approximate surface area is 143 Å². The summed E-state index contributed by atoms with van der Waals surface area (Å²) in [7, 11) is 0. The summed E-state index contributed by atoms with van der Waals surface area (Å²) in [5.74, 6) is 0.625. The van der Waals surface area contributed by atoms with Crippen LogP contribution in [0.15, 0.2) is 48.0 Å².